The normalized spacial score (nSPS) is 10.6. The van der Waals surface area contributed by atoms with Crippen molar-refractivity contribution in [2.75, 3.05) is 0 Å². The van der Waals surface area contributed by atoms with E-state index in [0.29, 0.717) is 0 Å². The third-order valence-corrected chi connectivity index (χ3v) is 2.31. The molecule has 2 rings (SSSR count). The third kappa shape index (κ3) is 1.88. The Morgan fingerprint density at radius 3 is 2.47 bits per heavy atom. The molecule has 0 saturated heterocycles. The minimum Gasteiger partial charge on any atom is -0.331 e. The van der Waals surface area contributed by atoms with Crippen LogP contribution in [0.4, 0.5) is 8.78 Å². The molecule has 1 heterocycles. The number of benzene rings is 1. The topological polar surface area (TPSA) is 17.8 Å². The number of rotatable bonds is 2. The van der Waals surface area contributed by atoms with Crippen LogP contribution >= 0.6 is 0 Å². The van der Waals surface area contributed by atoms with Crippen molar-refractivity contribution < 1.29 is 8.78 Å². The van der Waals surface area contributed by atoms with Gasteiger partial charge in [0.25, 0.3) is 0 Å². The zero-order valence-corrected chi connectivity index (χ0v) is 8.24. The molecule has 0 aliphatic carbocycles. The lowest BCUT2D eigenvalue weighted by molar-refractivity contribution is 0.542. The van der Waals surface area contributed by atoms with Crippen LogP contribution in [0, 0.1) is 18.6 Å². The first-order chi connectivity index (χ1) is 7.18. The van der Waals surface area contributed by atoms with Crippen molar-refractivity contribution in [1.29, 1.82) is 0 Å². The molecule has 0 N–H and O–H groups in total. The van der Waals surface area contributed by atoms with Crippen molar-refractivity contribution in [1.82, 2.24) is 9.55 Å². The first kappa shape index (κ1) is 9.83. The third-order valence-electron chi connectivity index (χ3n) is 2.31. The summed E-state index contributed by atoms with van der Waals surface area (Å²) in [6.07, 6.45) is 3.30. The molecule has 0 atom stereocenters. The van der Waals surface area contributed by atoms with Crippen molar-refractivity contribution >= 4 is 0 Å². The van der Waals surface area contributed by atoms with E-state index in [1.807, 2.05) is 0 Å². The Balaban J connectivity index is 2.36. The molecule has 0 aliphatic heterocycles. The molecule has 0 aliphatic rings. The minimum atomic E-state index is -0.525. The summed E-state index contributed by atoms with van der Waals surface area (Å²) >= 11 is 0. The Kier molecular flexibility index (Phi) is 2.49. The monoisotopic (exact) mass is 208 g/mol. The van der Waals surface area contributed by atoms with Gasteiger partial charge in [-0.15, -0.1) is 0 Å². The molecule has 1 aromatic carbocycles. The Bertz CT molecular complexity index is 457. The fraction of sp³-hybridized carbons (Fsp3) is 0.182. The molecule has 0 spiro atoms. The highest BCUT2D eigenvalue weighted by Crippen LogP contribution is 2.14. The van der Waals surface area contributed by atoms with Gasteiger partial charge in [-0.05, 0) is 19.1 Å². The molecular weight excluding hydrogens is 198 g/mol. The van der Waals surface area contributed by atoms with Gasteiger partial charge in [0, 0.05) is 18.0 Å². The number of imidazole rings is 1. The highest BCUT2D eigenvalue weighted by molar-refractivity contribution is 5.20. The summed E-state index contributed by atoms with van der Waals surface area (Å²) in [5, 5.41) is 0. The van der Waals surface area contributed by atoms with Gasteiger partial charge in [-0.25, -0.2) is 13.8 Å². The molecule has 0 radical (unpaired) electrons. The summed E-state index contributed by atoms with van der Waals surface area (Å²) in [4.78, 5) is 3.99. The summed E-state index contributed by atoms with van der Waals surface area (Å²) in [5.41, 5.74) is 0.0681. The summed E-state index contributed by atoms with van der Waals surface area (Å²) in [6, 6.07) is 3.87. The fourth-order valence-electron chi connectivity index (χ4n) is 1.42. The molecule has 1 aromatic heterocycles. The average molecular weight is 208 g/mol. The fourth-order valence-corrected chi connectivity index (χ4v) is 1.42. The standard InChI is InChI=1S/C11H10F2N2/c1-8-14-5-6-15(8)7-9-10(12)3-2-4-11(9)13/h2-6H,7H2,1H3. The minimum absolute atomic E-state index is 0.0681. The van der Waals surface area contributed by atoms with Gasteiger partial charge < -0.3 is 4.57 Å². The highest BCUT2D eigenvalue weighted by Gasteiger charge is 2.09. The van der Waals surface area contributed by atoms with Crippen molar-refractivity contribution in [3.05, 3.63) is 53.6 Å². The van der Waals surface area contributed by atoms with Crippen LogP contribution in [0.25, 0.3) is 0 Å². The molecule has 0 amide bonds. The number of nitrogens with zero attached hydrogens (tertiary/aromatic N) is 2. The number of halogens is 2. The summed E-state index contributed by atoms with van der Waals surface area (Å²) in [6.45, 7) is 1.96. The summed E-state index contributed by atoms with van der Waals surface area (Å²) in [5.74, 6) is -0.316. The van der Waals surface area contributed by atoms with Crippen LogP contribution < -0.4 is 0 Å². The zero-order chi connectivity index (χ0) is 10.8. The molecule has 0 saturated carbocycles. The highest BCUT2D eigenvalue weighted by atomic mass is 19.1. The number of hydrogen-bond donors (Lipinski definition) is 0. The second-order valence-electron chi connectivity index (χ2n) is 3.30. The van der Waals surface area contributed by atoms with Crippen molar-refractivity contribution in [2.45, 2.75) is 13.5 Å². The first-order valence-electron chi connectivity index (χ1n) is 4.59. The molecule has 2 nitrogen and oxygen atoms in total. The van der Waals surface area contributed by atoms with Crippen LogP contribution in [0.5, 0.6) is 0 Å². The van der Waals surface area contributed by atoms with Crippen molar-refractivity contribution in [2.24, 2.45) is 0 Å². The number of aryl methyl sites for hydroxylation is 1. The molecule has 0 unspecified atom stereocenters. The smallest absolute Gasteiger partial charge is 0.131 e. The van der Waals surface area contributed by atoms with Crippen molar-refractivity contribution in [3.8, 4) is 0 Å². The second kappa shape index (κ2) is 3.81. The predicted molar refractivity (Wildman–Crippen MR) is 52.4 cm³/mol. The zero-order valence-electron chi connectivity index (χ0n) is 8.24. The largest absolute Gasteiger partial charge is 0.331 e. The molecule has 2 aromatic rings. The molecule has 78 valence electrons. The maximum Gasteiger partial charge on any atom is 0.131 e. The van der Waals surface area contributed by atoms with E-state index in [2.05, 4.69) is 4.98 Å². The second-order valence-corrected chi connectivity index (χ2v) is 3.30. The lowest BCUT2D eigenvalue weighted by Gasteiger charge is -2.07. The van der Waals surface area contributed by atoms with Gasteiger partial charge >= 0.3 is 0 Å². The Morgan fingerprint density at radius 1 is 1.27 bits per heavy atom. The van der Waals surface area contributed by atoms with Crippen LogP contribution in [-0.4, -0.2) is 9.55 Å². The Hall–Kier alpha value is -1.71. The van der Waals surface area contributed by atoms with E-state index < -0.39 is 11.6 Å². The van der Waals surface area contributed by atoms with Gasteiger partial charge in [-0.3, -0.25) is 0 Å². The Labute approximate surface area is 86.2 Å². The van der Waals surface area contributed by atoms with Gasteiger partial charge in [-0.1, -0.05) is 6.07 Å². The summed E-state index contributed by atoms with van der Waals surface area (Å²) in [7, 11) is 0. The lowest BCUT2D eigenvalue weighted by atomic mass is 10.2. The van der Waals surface area contributed by atoms with Crippen molar-refractivity contribution in [3.63, 3.8) is 0 Å². The number of aromatic nitrogens is 2. The van der Waals surface area contributed by atoms with Crippen LogP contribution in [0.3, 0.4) is 0 Å². The SMILES string of the molecule is Cc1nccn1Cc1c(F)cccc1F. The van der Waals surface area contributed by atoms with Crippen LogP contribution in [0.15, 0.2) is 30.6 Å². The first-order valence-corrected chi connectivity index (χ1v) is 4.59. The Morgan fingerprint density at radius 2 is 1.93 bits per heavy atom. The van der Waals surface area contributed by atoms with E-state index in [9.17, 15) is 8.78 Å². The molecule has 15 heavy (non-hydrogen) atoms. The van der Waals surface area contributed by atoms with Gasteiger partial charge in [-0.2, -0.15) is 0 Å². The maximum atomic E-state index is 13.3. The van der Waals surface area contributed by atoms with E-state index in [1.165, 1.54) is 18.2 Å². The quantitative estimate of drug-likeness (QED) is 0.741. The molecule has 4 heteroatoms. The van der Waals surface area contributed by atoms with Gasteiger partial charge in [0.05, 0.1) is 6.54 Å². The van der Waals surface area contributed by atoms with E-state index in [4.69, 9.17) is 0 Å². The van der Waals surface area contributed by atoms with E-state index in [-0.39, 0.29) is 12.1 Å². The van der Waals surface area contributed by atoms with Gasteiger partial charge in [0.2, 0.25) is 0 Å². The average Bonchev–Trinajstić information content (AvgIpc) is 2.58. The number of hydrogen-bond acceptors (Lipinski definition) is 1. The summed E-state index contributed by atoms with van der Waals surface area (Å²) < 4.78 is 28.3. The van der Waals surface area contributed by atoms with E-state index in [1.54, 1.807) is 23.9 Å². The van der Waals surface area contributed by atoms with E-state index >= 15 is 0 Å². The van der Waals surface area contributed by atoms with Crippen LogP contribution in [0.1, 0.15) is 11.4 Å². The predicted octanol–water partition coefficient (Wildman–Crippen LogP) is 2.52. The van der Waals surface area contributed by atoms with E-state index in [0.717, 1.165) is 5.82 Å². The van der Waals surface area contributed by atoms with Crippen LogP contribution in [-0.2, 0) is 6.54 Å². The van der Waals surface area contributed by atoms with Crippen LogP contribution in [0.2, 0.25) is 0 Å². The molecule has 0 bridgehead atoms. The molecule has 0 fully saturated rings. The lowest BCUT2D eigenvalue weighted by Crippen LogP contribution is -2.05. The van der Waals surface area contributed by atoms with Gasteiger partial charge in [0.1, 0.15) is 17.5 Å². The molecular formula is C11H10F2N2. The maximum absolute atomic E-state index is 13.3. The van der Waals surface area contributed by atoms with Gasteiger partial charge in [0.15, 0.2) is 0 Å².